The van der Waals surface area contributed by atoms with Crippen LogP contribution < -0.4 is 5.73 Å². The highest BCUT2D eigenvalue weighted by molar-refractivity contribution is 5.21. The summed E-state index contributed by atoms with van der Waals surface area (Å²) in [6.45, 7) is 3.29. The van der Waals surface area contributed by atoms with Crippen LogP contribution in [-0.2, 0) is 19.4 Å². The van der Waals surface area contributed by atoms with Crippen molar-refractivity contribution in [2.24, 2.45) is 5.73 Å². The second-order valence-corrected chi connectivity index (χ2v) is 5.17. The average molecular weight is 205 g/mol. The Bertz CT molecular complexity index is 388. The molecule has 0 amide bonds. The minimum absolute atomic E-state index is 0.170. The molecule has 1 aliphatic carbocycles. The second kappa shape index (κ2) is 3.08. The van der Waals surface area contributed by atoms with E-state index in [0.29, 0.717) is 0 Å². The van der Waals surface area contributed by atoms with Crippen molar-refractivity contribution in [2.75, 3.05) is 0 Å². The fourth-order valence-corrected chi connectivity index (χ4v) is 2.63. The summed E-state index contributed by atoms with van der Waals surface area (Å²) < 4.78 is 2.38. The average Bonchev–Trinajstić information content (AvgIpc) is 2.65. The van der Waals surface area contributed by atoms with Gasteiger partial charge in [-0.3, -0.25) is 0 Å². The number of aryl methyl sites for hydroxylation is 2. The lowest BCUT2D eigenvalue weighted by molar-refractivity contribution is 0.602. The number of fused-ring (bicyclic) bond motifs is 1. The molecule has 2 aliphatic rings. The molecule has 3 heteroatoms. The van der Waals surface area contributed by atoms with Gasteiger partial charge in [-0.05, 0) is 45.4 Å². The Morgan fingerprint density at radius 2 is 2.27 bits per heavy atom. The maximum atomic E-state index is 6.11. The molecule has 1 fully saturated rings. The Morgan fingerprint density at radius 1 is 1.47 bits per heavy atom. The standard InChI is InChI=1S/C12H19N3/c1-9-14-10(4-5-12(13)6-7-12)11-3-2-8-15(9)11/h2-8,13H2,1H3. The molecule has 0 radical (unpaired) electrons. The van der Waals surface area contributed by atoms with E-state index in [9.17, 15) is 0 Å². The van der Waals surface area contributed by atoms with Gasteiger partial charge in [-0.25, -0.2) is 4.98 Å². The first-order chi connectivity index (χ1) is 7.18. The lowest BCUT2D eigenvalue weighted by Gasteiger charge is -2.06. The largest absolute Gasteiger partial charge is 0.332 e. The normalized spacial score (nSPS) is 21.7. The molecule has 1 saturated carbocycles. The molecule has 3 rings (SSSR count). The summed E-state index contributed by atoms with van der Waals surface area (Å²) in [6.07, 6.45) is 7.13. The van der Waals surface area contributed by atoms with Gasteiger partial charge in [0, 0.05) is 17.8 Å². The summed E-state index contributed by atoms with van der Waals surface area (Å²) in [6, 6.07) is 0. The molecule has 3 nitrogen and oxygen atoms in total. The van der Waals surface area contributed by atoms with Crippen molar-refractivity contribution in [2.45, 2.75) is 57.5 Å². The molecule has 0 atom stereocenters. The van der Waals surface area contributed by atoms with E-state index in [2.05, 4.69) is 16.5 Å². The molecule has 1 aliphatic heterocycles. The number of nitrogens with zero attached hydrogens (tertiary/aromatic N) is 2. The van der Waals surface area contributed by atoms with Crippen LogP contribution in [0.25, 0.3) is 0 Å². The topological polar surface area (TPSA) is 43.8 Å². The summed E-state index contributed by atoms with van der Waals surface area (Å²) in [4.78, 5) is 4.67. The van der Waals surface area contributed by atoms with Crippen LogP contribution in [0.15, 0.2) is 0 Å². The maximum absolute atomic E-state index is 6.11. The fourth-order valence-electron chi connectivity index (χ4n) is 2.63. The number of aromatic nitrogens is 2. The van der Waals surface area contributed by atoms with Crippen molar-refractivity contribution >= 4 is 0 Å². The molecule has 0 bridgehead atoms. The van der Waals surface area contributed by atoms with Crippen LogP contribution in [0.2, 0.25) is 0 Å². The van der Waals surface area contributed by atoms with E-state index in [1.807, 2.05) is 0 Å². The van der Waals surface area contributed by atoms with Gasteiger partial charge in [0.15, 0.2) is 0 Å². The van der Waals surface area contributed by atoms with Crippen molar-refractivity contribution in [1.82, 2.24) is 9.55 Å². The molecular formula is C12H19N3. The van der Waals surface area contributed by atoms with E-state index in [1.54, 1.807) is 0 Å². The van der Waals surface area contributed by atoms with Gasteiger partial charge in [-0.1, -0.05) is 0 Å². The van der Waals surface area contributed by atoms with Crippen LogP contribution in [-0.4, -0.2) is 15.1 Å². The molecule has 1 aromatic rings. The first-order valence-electron chi connectivity index (χ1n) is 6.02. The molecule has 0 aromatic carbocycles. The summed E-state index contributed by atoms with van der Waals surface area (Å²) in [5, 5.41) is 0. The number of hydrogen-bond donors (Lipinski definition) is 1. The summed E-state index contributed by atoms with van der Waals surface area (Å²) >= 11 is 0. The van der Waals surface area contributed by atoms with Crippen molar-refractivity contribution in [3.63, 3.8) is 0 Å². The van der Waals surface area contributed by atoms with E-state index in [1.165, 1.54) is 49.4 Å². The smallest absolute Gasteiger partial charge is 0.106 e. The van der Waals surface area contributed by atoms with Gasteiger partial charge < -0.3 is 10.3 Å². The molecule has 0 spiro atoms. The van der Waals surface area contributed by atoms with Crippen LogP contribution in [0.5, 0.6) is 0 Å². The van der Waals surface area contributed by atoms with Crippen molar-refractivity contribution in [3.8, 4) is 0 Å². The zero-order valence-corrected chi connectivity index (χ0v) is 9.42. The lowest BCUT2D eigenvalue weighted by Crippen LogP contribution is -2.22. The van der Waals surface area contributed by atoms with Gasteiger partial charge in [0.05, 0.1) is 5.69 Å². The van der Waals surface area contributed by atoms with Gasteiger partial charge in [-0.15, -0.1) is 0 Å². The predicted octanol–water partition coefficient (Wildman–Crippen LogP) is 1.56. The quantitative estimate of drug-likeness (QED) is 0.814. The molecule has 2 N–H and O–H groups in total. The lowest BCUT2D eigenvalue weighted by atomic mass is 10.1. The molecule has 2 heterocycles. The summed E-state index contributed by atoms with van der Waals surface area (Å²) in [5.74, 6) is 1.19. The van der Waals surface area contributed by atoms with Crippen LogP contribution in [0.1, 0.15) is 42.9 Å². The van der Waals surface area contributed by atoms with Crippen molar-refractivity contribution in [1.29, 1.82) is 0 Å². The fraction of sp³-hybridized carbons (Fsp3) is 0.750. The van der Waals surface area contributed by atoms with E-state index in [0.717, 1.165) is 12.8 Å². The molecule has 1 aromatic heterocycles. The highest BCUT2D eigenvalue weighted by Crippen LogP contribution is 2.37. The van der Waals surface area contributed by atoms with Gasteiger partial charge >= 0.3 is 0 Å². The summed E-state index contributed by atoms with van der Waals surface area (Å²) in [5.41, 5.74) is 9.09. The molecule has 15 heavy (non-hydrogen) atoms. The van der Waals surface area contributed by atoms with E-state index >= 15 is 0 Å². The van der Waals surface area contributed by atoms with Gasteiger partial charge in [0.25, 0.3) is 0 Å². The number of hydrogen-bond acceptors (Lipinski definition) is 2. The van der Waals surface area contributed by atoms with E-state index < -0.39 is 0 Å². The number of imidazole rings is 1. The first-order valence-corrected chi connectivity index (χ1v) is 6.02. The molecule has 82 valence electrons. The number of rotatable bonds is 3. The van der Waals surface area contributed by atoms with Crippen LogP contribution in [0, 0.1) is 6.92 Å². The maximum Gasteiger partial charge on any atom is 0.106 e. The Kier molecular flexibility index (Phi) is 1.93. The van der Waals surface area contributed by atoms with Gasteiger partial charge in [0.2, 0.25) is 0 Å². The molecular weight excluding hydrogens is 186 g/mol. The van der Waals surface area contributed by atoms with Crippen LogP contribution in [0.3, 0.4) is 0 Å². The van der Waals surface area contributed by atoms with E-state index in [-0.39, 0.29) is 5.54 Å². The highest BCUT2D eigenvalue weighted by atomic mass is 15.1. The zero-order chi connectivity index (χ0) is 10.5. The zero-order valence-electron chi connectivity index (χ0n) is 9.42. The Balaban J connectivity index is 1.77. The third-order valence-corrected chi connectivity index (χ3v) is 3.89. The highest BCUT2D eigenvalue weighted by Gasteiger charge is 2.37. The van der Waals surface area contributed by atoms with Gasteiger partial charge in [0.1, 0.15) is 5.82 Å². The van der Waals surface area contributed by atoms with Crippen LogP contribution in [0.4, 0.5) is 0 Å². The Morgan fingerprint density at radius 3 is 3.00 bits per heavy atom. The number of nitrogens with two attached hydrogens (primary N) is 1. The third-order valence-electron chi connectivity index (χ3n) is 3.89. The minimum atomic E-state index is 0.170. The Hall–Kier alpha value is -0.830. The monoisotopic (exact) mass is 205 g/mol. The van der Waals surface area contributed by atoms with Crippen molar-refractivity contribution in [3.05, 3.63) is 17.2 Å². The van der Waals surface area contributed by atoms with Crippen molar-refractivity contribution < 1.29 is 0 Å². The molecule has 0 saturated heterocycles. The summed E-state index contributed by atoms with van der Waals surface area (Å²) in [7, 11) is 0. The minimum Gasteiger partial charge on any atom is -0.332 e. The van der Waals surface area contributed by atoms with Gasteiger partial charge in [-0.2, -0.15) is 0 Å². The first kappa shape index (κ1) is 9.40. The third kappa shape index (κ3) is 1.59. The molecule has 0 unspecified atom stereocenters. The van der Waals surface area contributed by atoms with E-state index in [4.69, 9.17) is 5.73 Å². The van der Waals surface area contributed by atoms with Crippen LogP contribution >= 0.6 is 0 Å². The predicted molar refractivity (Wildman–Crippen MR) is 59.8 cm³/mol. The second-order valence-electron chi connectivity index (χ2n) is 5.17. The SMILES string of the molecule is Cc1nc(CCC2(N)CC2)c2n1CCC2. The Labute approximate surface area is 90.7 Å².